The van der Waals surface area contributed by atoms with Crippen molar-refractivity contribution in [3.05, 3.63) is 36.2 Å². The molecule has 0 radical (unpaired) electrons. The number of rotatable bonds is 2. The molecule has 0 spiro atoms. The van der Waals surface area contributed by atoms with Gasteiger partial charge in [-0.1, -0.05) is 6.07 Å². The van der Waals surface area contributed by atoms with Crippen molar-refractivity contribution in [2.75, 3.05) is 18.9 Å². The third-order valence-corrected chi connectivity index (χ3v) is 3.64. The number of nitriles is 1. The van der Waals surface area contributed by atoms with Gasteiger partial charge in [-0.05, 0) is 25.0 Å². The summed E-state index contributed by atoms with van der Waals surface area (Å²) in [6.45, 7) is 1.57. The molecule has 1 saturated heterocycles. The van der Waals surface area contributed by atoms with E-state index in [-0.39, 0.29) is 0 Å². The van der Waals surface area contributed by atoms with Gasteiger partial charge in [-0.15, -0.1) is 0 Å². The van der Waals surface area contributed by atoms with Crippen LogP contribution in [0.2, 0.25) is 0 Å². The highest BCUT2D eigenvalue weighted by Crippen LogP contribution is 2.27. The van der Waals surface area contributed by atoms with E-state index < -0.39 is 0 Å². The number of hydrogen-bond acceptors (Lipinski definition) is 4. The van der Waals surface area contributed by atoms with E-state index in [2.05, 4.69) is 11.2 Å². The van der Waals surface area contributed by atoms with E-state index in [1.807, 2.05) is 29.2 Å². The number of nitrogen functional groups attached to an aromatic ring is 1. The van der Waals surface area contributed by atoms with Gasteiger partial charge in [0.2, 0.25) is 0 Å². The standard InChI is InChI=1S/C15H16N4O/c16-8-11-7-13(17)1-2-15(11)12-9-18-19(10-12)14-3-5-20-6-4-14/h1-2,7,9-10,14H,3-6,17H2. The van der Waals surface area contributed by atoms with Crippen molar-refractivity contribution in [2.45, 2.75) is 18.9 Å². The topological polar surface area (TPSA) is 76.9 Å². The maximum absolute atomic E-state index is 9.21. The van der Waals surface area contributed by atoms with Gasteiger partial charge in [0, 0.05) is 36.2 Å². The Bertz CT molecular complexity index is 650. The zero-order chi connectivity index (χ0) is 13.9. The van der Waals surface area contributed by atoms with Crippen LogP contribution in [0.1, 0.15) is 24.4 Å². The van der Waals surface area contributed by atoms with Crippen molar-refractivity contribution in [1.82, 2.24) is 9.78 Å². The molecule has 2 N–H and O–H groups in total. The first-order valence-electron chi connectivity index (χ1n) is 6.70. The Morgan fingerprint density at radius 2 is 2.15 bits per heavy atom. The summed E-state index contributed by atoms with van der Waals surface area (Å²) >= 11 is 0. The lowest BCUT2D eigenvalue weighted by Crippen LogP contribution is -2.19. The van der Waals surface area contributed by atoms with Gasteiger partial charge in [0.15, 0.2) is 0 Å². The SMILES string of the molecule is N#Cc1cc(N)ccc1-c1cnn(C2CCOCC2)c1. The number of aromatic nitrogens is 2. The minimum atomic E-state index is 0.386. The predicted octanol–water partition coefficient (Wildman–Crippen LogP) is 2.36. The highest BCUT2D eigenvalue weighted by Gasteiger charge is 2.17. The molecule has 20 heavy (non-hydrogen) atoms. The fourth-order valence-electron chi connectivity index (χ4n) is 2.53. The molecular weight excluding hydrogens is 252 g/mol. The van der Waals surface area contributed by atoms with E-state index in [0.29, 0.717) is 17.3 Å². The van der Waals surface area contributed by atoms with Crippen LogP contribution < -0.4 is 5.73 Å². The lowest BCUT2D eigenvalue weighted by Gasteiger charge is -2.22. The number of anilines is 1. The molecule has 0 aliphatic carbocycles. The van der Waals surface area contributed by atoms with E-state index >= 15 is 0 Å². The van der Waals surface area contributed by atoms with E-state index in [9.17, 15) is 5.26 Å². The number of nitrogens with zero attached hydrogens (tertiary/aromatic N) is 3. The van der Waals surface area contributed by atoms with Crippen LogP contribution in [0.5, 0.6) is 0 Å². The molecule has 0 atom stereocenters. The van der Waals surface area contributed by atoms with Gasteiger partial charge in [-0.25, -0.2) is 0 Å². The summed E-state index contributed by atoms with van der Waals surface area (Å²) in [6.07, 6.45) is 5.77. The Kier molecular flexibility index (Phi) is 3.40. The quantitative estimate of drug-likeness (QED) is 0.848. The average molecular weight is 268 g/mol. The summed E-state index contributed by atoms with van der Waals surface area (Å²) in [5.41, 5.74) is 8.72. The summed E-state index contributed by atoms with van der Waals surface area (Å²) in [5, 5.41) is 13.6. The van der Waals surface area contributed by atoms with Gasteiger partial charge in [0.05, 0.1) is 23.9 Å². The van der Waals surface area contributed by atoms with Crippen LogP contribution in [-0.2, 0) is 4.74 Å². The average Bonchev–Trinajstić information content (AvgIpc) is 2.97. The fraction of sp³-hybridized carbons (Fsp3) is 0.333. The molecule has 1 fully saturated rings. The van der Waals surface area contributed by atoms with Crippen LogP contribution in [0.4, 0.5) is 5.69 Å². The lowest BCUT2D eigenvalue weighted by molar-refractivity contribution is 0.0662. The van der Waals surface area contributed by atoms with Crippen molar-refractivity contribution in [1.29, 1.82) is 5.26 Å². The molecule has 1 aromatic carbocycles. The van der Waals surface area contributed by atoms with Gasteiger partial charge < -0.3 is 10.5 Å². The third-order valence-electron chi connectivity index (χ3n) is 3.64. The summed E-state index contributed by atoms with van der Waals surface area (Å²) in [4.78, 5) is 0. The van der Waals surface area contributed by atoms with Gasteiger partial charge in [0.1, 0.15) is 0 Å². The first-order valence-corrected chi connectivity index (χ1v) is 6.70. The summed E-state index contributed by atoms with van der Waals surface area (Å²) in [6, 6.07) is 7.95. The van der Waals surface area contributed by atoms with E-state index in [1.54, 1.807) is 6.07 Å². The highest BCUT2D eigenvalue weighted by molar-refractivity contribution is 5.71. The number of benzene rings is 1. The predicted molar refractivity (Wildman–Crippen MR) is 75.9 cm³/mol. The maximum atomic E-state index is 9.21. The zero-order valence-corrected chi connectivity index (χ0v) is 11.1. The van der Waals surface area contributed by atoms with Gasteiger partial charge in [0.25, 0.3) is 0 Å². The molecule has 0 saturated carbocycles. The molecule has 1 aliphatic rings. The zero-order valence-electron chi connectivity index (χ0n) is 11.1. The van der Waals surface area contributed by atoms with Gasteiger partial charge >= 0.3 is 0 Å². The second-order valence-corrected chi connectivity index (χ2v) is 4.97. The van der Waals surface area contributed by atoms with Crippen LogP contribution >= 0.6 is 0 Å². The first-order chi connectivity index (χ1) is 9.78. The van der Waals surface area contributed by atoms with Crippen molar-refractivity contribution < 1.29 is 4.74 Å². The molecule has 1 aliphatic heterocycles. The molecule has 3 rings (SSSR count). The van der Waals surface area contributed by atoms with Crippen LogP contribution in [-0.4, -0.2) is 23.0 Å². The Balaban J connectivity index is 1.92. The molecule has 2 heterocycles. The molecule has 1 aromatic heterocycles. The van der Waals surface area contributed by atoms with E-state index in [0.717, 1.165) is 37.2 Å². The highest BCUT2D eigenvalue weighted by atomic mass is 16.5. The molecule has 2 aromatic rings. The van der Waals surface area contributed by atoms with Crippen molar-refractivity contribution in [2.24, 2.45) is 0 Å². The smallest absolute Gasteiger partial charge is 0.0998 e. The molecule has 0 bridgehead atoms. The van der Waals surface area contributed by atoms with Crippen LogP contribution in [0.25, 0.3) is 11.1 Å². The van der Waals surface area contributed by atoms with Crippen LogP contribution in [0.3, 0.4) is 0 Å². The molecular formula is C15H16N4O. The molecule has 5 heteroatoms. The molecule has 102 valence electrons. The molecule has 5 nitrogen and oxygen atoms in total. The Labute approximate surface area is 117 Å². The largest absolute Gasteiger partial charge is 0.399 e. The fourth-order valence-corrected chi connectivity index (χ4v) is 2.53. The van der Waals surface area contributed by atoms with Crippen molar-refractivity contribution in [3.8, 4) is 17.2 Å². The minimum Gasteiger partial charge on any atom is -0.399 e. The maximum Gasteiger partial charge on any atom is 0.0998 e. The number of nitrogens with two attached hydrogens (primary N) is 1. The lowest BCUT2D eigenvalue weighted by atomic mass is 10.0. The van der Waals surface area contributed by atoms with Crippen molar-refractivity contribution in [3.63, 3.8) is 0 Å². The Hall–Kier alpha value is -2.32. The number of ether oxygens (including phenoxy) is 1. The Morgan fingerprint density at radius 3 is 2.90 bits per heavy atom. The normalized spacial score (nSPS) is 15.9. The first kappa shape index (κ1) is 12.7. The monoisotopic (exact) mass is 268 g/mol. The van der Waals surface area contributed by atoms with Crippen LogP contribution in [0, 0.1) is 11.3 Å². The Morgan fingerprint density at radius 1 is 1.35 bits per heavy atom. The van der Waals surface area contributed by atoms with Crippen molar-refractivity contribution >= 4 is 5.69 Å². The van der Waals surface area contributed by atoms with Gasteiger partial charge in [-0.3, -0.25) is 4.68 Å². The third kappa shape index (κ3) is 2.38. The summed E-state index contributed by atoms with van der Waals surface area (Å²) in [5.74, 6) is 0. The molecule has 0 amide bonds. The molecule has 0 unspecified atom stereocenters. The second kappa shape index (κ2) is 5.35. The second-order valence-electron chi connectivity index (χ2n) is 4.97. The van der Waals surface area contributed by atoms with E-state index in [1.165, 1.54) is 0 Å². The minimum absolute atomic E-state index is 0.386. The van der Waals surface area contributed by atoms with Crippen LogP contribution in [0.15, 0.2) is 30.6 Å². The number of hydrogen-bond donors (Lipinski definition) is 1. The van der Waals surface area contributed by atoms with E-state index in [4.69, 9.17) is 10.5 Å². The summed E-state index contributed by atoms with van der Waals surface area (Å²) < 4.78 is 7.35. The summed E-state index contributed by atoms with van der Waals surface area (Å²) in [7, 11) is 0. The van der Waals surface area contributed by atoms with Gasteiger partial charge in [-0.2, -0.15) is 10.4 Å².